The number of hydrogen-bond donors (Lipinski definition) is 1. The molecule has 0 bridgehead atoms. The van der Waals surface area contributed by atoms with Gasteiger partial charge in [-0.3, -0.25) is 9.59 Å². The number of pyridine rings is 1. The number of hydrogen-bond acceptors (Lipinski definition) is 3. The summed E-state index contributed by atoms with van der Waals surface area (Å²) in [5, 5.41) is 9.08. The molecule has 19 heavy (non-hydrogen) atoms. The molecular formula is C12H12Br2N2O3. The molecule has 2 atom stereocenters. The van der Waals surface area contributed by atoms with Gasteiger partial charge in [0, 0.05) is 23.8 Å². The van der Waals surface area contributed by atoms with E-state index in [1.54, 1.807) is 17.2 Å². The Kier molecular flexibility index (Phi) is 4.25. The summed E-state index contributed by atoms with van der Waals surface area (Å²) in [6, 6.07) is 1.74. The molecular weight excluding hydrogens is 380 g/mol. The van der Waals surface area contributed by atoms with Crippen LogP contribution in [-0.4, -0.2) is 40.0 Å². The molecule has 102 valence electrons. The highest BCUT2D eigenvalue weighted by molar-refractivity contribution is 9.11. The van der Waals surface area contributed by atoms with Gasteiger partial charge in [-0.2, -0.15) is 0 Å². The topological polar surface area (TPSA) is 70.5 Å². The third-order valence-corrected chi connectivity index (χ3v) is 4.27. The van der Waals surface area contributed by atoms with Gasteiger partial charge in [0.1, 0.15) is 5.69 Å². The molecule has 7 heteroatoms. The summed E-state index contributed by atoms with van der Waals surface area (Å²) < 4.78 is 1.37. The van der Waals surface area contributed by atoms with Crippen LogP contribution >= 0.6 is 31.9 Å². The summed E-state index contributed by atoms with van der Waals surface area (Å²) >= 11 is 6.57. The van der Waals surface area contributed by atoms with Crippen molar-refractivity contribution in [1.29, 1.82) is 0 Å². The number of aliphatic carboxylic acids is 1. The molecule has 5 nitrogen and oxygen atoms in total. The molecule has 0 saturated carbocycles. The van der Waals surface area contributed by atoms with Gasteiger partial charge in [0.25, 0.3) is 5.91 Å². The first kappa shape index (κ1) is 14.5. The molecule has 0 unspecified atom stereocenters. The zero-order valence-electron chi connectivity index (χ0n) is 10.1. The maximum atomic E-state index is 12.3. The minimum atomic E-state index is -0.856. The molecule has 1 saturated heterocycles. The van der Waals surface area contributed by atoms with Gasteiger partial charge in [0.05, 0.1) is 10.4 Å². The van der Waals surface area contributed by atoms with Gasteiger partial charge < -0.3 is 10.0 Å². The van der Waals surface area contributed by atoms with Crippen LogP contribution in [-0.2, 0) is 4.79 Å². The first-order valence-electron chi connectivity index (χ1n) is 5.73. The molecule has 1 aliphatic heterocycles. The highest BCUT2D eigenvalue weighted by Crippen LogP contribution is 2.27. The normalized spacial score (nSPS) is 22.6. The summed E-state index contributed by atoms with van der Waals surface area (Å²) in [7, 11) is 0. The summed E-state index contributed by atoms with van der Waals surface area (Å²) in [4.78, 5) is 29.0. The smallest absolute Gasteiger partial charge is 0.308 e. The third-order valence-electron chi connectivity index (χ3n) is 3.23. The molecule has 1 fully saturated rings. The monoisotopic (exact) mass is 390 g/mol. The predicted octanol–water partition coefficient (Wildman–Crippen LogP) is 2.40. The Labute approximate surface area is 127 Å². The van der Waals surface area contributed by atoms with Gasteiger partial charge in [-0.1, -0.05) is 6.92 Å². The SMILES string of the molecule is C[C@@H]1CN(C(=O)c2ncc(Br)cc2Br)C[C@H]1C(=O)O. The molecule has 0 radical (unpaired) electrons. The van der Waals surface area contributed by atoms with Crippen molar-refractivity contribution >= 4 is 43.7 Å². The van der Waals surface area contributed by atoms with Gasteiger partial charge in [-0.15, -0.1) is 0 Å². The Hall–Kier alpha value is -0.950. The van der Waals surface area contributed by atoms with E-state index in [9.17, 15) is 9.59 Å². The number of rotatable bonds is 2. The summed E-state index contributed by atoms with van der Waals surface area (Å²) in [6.07, 6.45) is 1.55. The molecule has 1 aromatic rings. The highest BCUT2D eigenvalue weighted by Gasteiger charge is 2.37. The minimum absolute atomic E-state index is 0.0457. The fourth-order valence-electron chi connectivity index (χ4n) is 2.18. The van der Waals surface area contributed by atoms with Crippen LogP contribution in [0.5, 0.6) is 0 Å². The van der Waals surface area contributed by atoms with Crippen molar-refractivity contribution in [2.24, 2.45) is 11.8 Å². The first-order valence-corrected chi connectivity index (χ1v) is 7.32. The molecule has 0 aliphatic carbocycles. The second kappa shape index (κ2) is 5.58. The largest absolute Gasteiger partial charge is 0.481 e. The van der Waals surface area contributed by atoms with E-state index in [2.05, 4.69) is 36.8 Å². The minimum Gasteiger partial charge on any atom is -0.481 e. The number of amides is 1. The van der Waals surface area contributed by atoms with Crippen molar-refractivity contribution in [3.8, 4) is 0 Å². The third kappa shape index (κ3) is 2.97. The van der Waals surface area contributed by atoms with E-state index in [1.807, 2.05) is 6.92 Å². The van der Waals surface area contributed by atoms with Crippen molar-refractivity contribution in [2.45, 2.75) is 6.92 Å². The molecule has 0 aromatic carbocycles. The highest BCUT2D eigenvalue weighted by atomic mass is 79.9. The van der Waals surface area contributed by atoms with Crippen LogP contribution in [0.2, 0.25) is 0 Å². The molecule has 1 amide bonds. The molecule has 0 spiro atoms. The van der Waals surface area contributed by atoms with E-state index in [4.69, 9.17) is 5.11 Å². The second-order valence-corrected chi connectivity index (χ2v) is 6.39. The Morgan fingerprint density at radius 1 is 1.42 bits per heavy atom. The van der Waals surface area contributed by atoms with Crippen LogP contribution in [0, 0.1) is 11.8 Å². The fraction of sp³-hybridized carbons (Fsp3) is 0.417. The number of carboxylic acids is 1. The first-order chi connectivity index (χ1) is 8.90. The number of carbonyl (C=O) groups excluding carboxylic acids is 1. The Morgan fingerprint density at radius 2 is 2.11 bits per heavy atom. The zero-order valence-corrected chi connectivity index (χ0v) is 13.3. The maximum absolute atomic E-state index is 12.3. The van der Waals surface area contributed by atoms with Crippen LogP contribution in [0.25, 0.3) is 0 Å². The number of aromatic nitrogens is 1. The van der Waals surface area contributed by atoms with Crippen molar-refractivity contribution in [2.75, 3.05) is 13.1 Å². The van der Waals surface area contributed by atoms with Gasteiger partial charge in [0.2, 0.25) is 0 Å². The van der Waals surface area contributed by atoms with E-state index >= 15 is 0 Å². The summed E-state index contributed by atoms with van der Waals surface area (Å²) in [5.41, 5.74) is 0.307. The number of nitrogens with zero attached hydrogens (tertiary/aromatic N) is 2. The van der Waals surface area contributed by atoms with Gasteiger partial charge >= 0.3 is 5.97 Å². The quantitative estimate of drug-likeness (QED) is 0.840. The van der Waals surface area contributed by atoms with Crippen LogP contribution in [0.4, 0.5) is 0 Å². The zero-order chi connectivity index (χ0) is 14.2. The molecule has 1 aliphatic rings. The van der Waals surface area contributed by atoms with Gasteiger partial charge in [0.15, 0.2) is 0 Å². The van der Waals surface area contributed by atoms with Crippen molar-refractivity contribution in [1.82, 2.24) is 9.88 Å². The Bertz CT molecular complexity index is 536. The Balaban J connectivity index is 2.19. The van der Waals surface area contributed by atoms with Crippen LogP contribution in [0.15, 0.2) is 21.2 Å². The van der Waals surface area contributed by atoms with Gasteiger partial charge in [-0.25, -0.2) is 4.98 Å². The summed E-state index contributed by atoms with van der Waals surface area (Å²) in [5.74, 6) is -1.64. The van der Waals surface area contributed by atoms with E-state index < -0.39 is 11.9 Å². The number of likely N-dealkylation sites (tertiary alicyclic amines) is 1. The number of carbonyl (C=O) groups is 2. The van der Waals surface area contributed by atoms with Crippen molar-refractivity contribution < 1.29 is 14.7 Å². The lowest BCUT2D eigenvalue weighted by molar-refractivity contribution is -0.142. The standard InChI is InChI=1S/C12H12Br2N2O3/c1-6-4-16(5-8(6)12(18)19)11(17)10-9(14)2-7(13)3-15-10/h2-3,6,8H,4-5H2,1H3,(H,18,19)/t6-,8-/m1/s1. The van der Waals surface area contributed by atoms with Crippen molar-refractivity contribution in [3.05, 3.63) is 26.9 Å². The average Bonchev–Trinajstić information content (AvgIpc) is 2.70. The lowest BCUT2D eigenvalue weighted by Crippen LogP contribution is -2.30. The Morgan fingerprint density at radius 3 is 2.63 bits per heavy atom. The van der Waals surface area contributed by atoms with Crippen molar-refractivity contribution in [3.63, 3.8) is 0 Å². The molecule has 2 heterocycles. The van der Waals surface area contributed by atoms with Crippen LogP contribution in [0.1, 0.15) is 17.4 Å². The van der Waals surface area contributed by atoms with E-state index in [0.717, 1.165) is 4.47 Å². The predicted molar refractivity (Wildman–Crippen MR) is 75.8 cm³/mol. The lowest BCUT2D eigenvalue weighted by Gasteiger charge is -2.16. The van der Waals surface area contributed by atoms with Gasteiger partial charge in [-0.05, 0) is 43.8 Å². The van der Waals surface area contributed by atoms with E-state index in [1.165, 1.54) is 0 Å². The van der Waals surface area contributed by atoms with Crippen LogP contribution in [0.3, 0.4) is 0 Å². The number of halogens is 2. The fourth-order valence-corrected chi connectivity index (χ4v) is 3.33. The van der Waals surface area contributed by atoms with E-state index in [-0.39, 0.29) is 18.4 Å². The summed E-state index contributed by atoms with van der Waals surface area (Å²) in [6.45, 7) is 2.52. The molecule has 2 rings (SSSR count). The van der Waals surface area contributed by atoms with Crippen LogP contribution < -0.4 is 0 Å². The molecule has 1 aromatic heterocycles. The number of carboxylic acid groups (broad SMARTS) is 1. The average molecular weight is 392 g/mol. The second-order valence-electron chi connectivity index (χ2n) is 4.62. The van der Waals surface area contributed by atoms with E-state index in [0.29, 0.717) is 16.7 Å². The molecule has 1 N–H and O–H groups in total. The lowest BCUT2D eigenvalue weighted by atomic mass is 9.99. The maximum Gasteiger partial charge on any atom is 0.308 e.